The minimum atomic E-state index is -1.05. The van der Waals surface area contributed by atoms with E-state index >= 15 is 0 Å². The van der Waals surface area contributed by atoms with Gasteiger partial charge in [-0.05, 0) is 24.6 Å². The molecule has 0 bridgehead atoms. The second kappa shape index (κ2) is 4.06. The van der Waals surface area contributed by atoms with Gasteiger partial charge in [0.15, 0.2) is 0 Å². The zero-order valence-electron chi connectivity index (χ0n) is 8.95. The summed E-state index contributed by atoms with van der Waals surface area (Å²) in [6.45, 7) is 1.84. The molecule has 0 spiro atoms. The third-order valence-corrected chi connectivity index (χ3v) is 2.22. The van der Waals surface area contributed by atoms with E-state index in [0.29, 0.717) is 5.69 Å². The van der Waals surface area contributed by atoms with Gasteiger partial charge in [0.25, 0.3) is 5.82 Å². The number of nitrogens with zero attached hydrogens (tertiary/aromatic N) is 4. The SMILES string of the molecule is Cc1ccc(C(=O)O)c(-n2cnc(C#N)n2)c1. The second-order valence-corrected chi connectivity index (χ2v) is 3.45. The molecule has 0 amide bonds. The van der Waals surface area contributed by atoms with E-state index in [4.69, 9.17) is 10.4 Å². The highest BCUT2D eigenvalue weighted by atomic mass is 16.4. The maximum absolute atomic E-state index is 11.1. The zero-order chi connectivity index (χ0) is 12.4. The molecule has 0 aliphatic heterocycles. The first-order chi connectivity index (χ1) is 8.11. The number of carboxylic acids is 1. The van der Waals surface area contributed by atoms with Crippen LogP contribution in [0.15, 0.2) is 24.5 Å². The van der Waals surface area contributed by atoms with E-state index in [0.717, 1.165) is 5.56 Å². The normalized spacial score (nSPS) is 9.88. The Labute approximate surface area is 96.8 Å². The van der Waals surface area contributed by atoms with Crippen molar-refractivity contribution < 1.29 is 9.90 Å². The third kappa shape index (κ3) is 1.99. The number of aromatic carboxylic acids is 1. The van der Waals surface area contributed by atoms with Crippen LogP contribution >= 0.6 is 0 Å². The predicted octanol–water partition coefficient (Wildman–Crippen LogP) is 1.15. The van der Waals surface area contributed by atoms with Gasteiger partial charge in [-0.25, -0.2) is 14.5 Å². The summed E-state index contributed by atoms with van der Waals surface area (Å²) in [5.74, 6) is -1.04. The van der Waals surface area contributed by atoms with Crippen molar-refractivity contribution in [1.29, 1.82) is 5.26 Å². The van der Waals surface area contributed by atoms with E-state index in [9.17, 15) is 4.79 Å². The van der Waals surface area contributed by atoms with Crippen LogP contribution in [0.2, 0.25) is 0 Å². The molecular formula is C11H8N4O2. The fourth-order valence-corrected chi connectivity index (χ4v) is 1.44. The highest BCUT2D eigenvalue weighted by Crippen LogP contribution is 2.15. The van der Waals surface area contributed by atoms with Crippen LogP contribution in [-0.2, 0) is 0 Å². The second-order valence-electron chi connectivity index (χ2n) is 3.45. The maximum atomic E-state index is 11.1. The average Bonchev–Trinajstić information content (AvgIpc) is 2.76. The fourth-order valence-electron chi connectivity index (χ4n) is 1.44. The number of carboxylic acid groups (broad SMARTS) is 1. The summed E-state index contributed by atoms with van der Waals surface area (Å²) in [4.78, 5) is 14.8. The molecule has 6 nitrogen and oxygen atoms in total. The van der Waals surface area contributed by atoms with Crippen molar-refractivity contribution >= 4 is 5.97 Å². The van der Waals surface area contributed by atoms with Crippen molar-refractivity contribution in [2.24, 2.45) is 0 Å². The number of benzene rings is 1. The van der Waals surface area contributed by atoms with Crippen molar-refractivity contribution in [3.63, 3.8) is 0 Å². The summed E-state index contributed by atoms with van der Waals surface area (Å²) in [7, 11) is 0. The largest absolute Gasteiger partial charge is 0.478 e. The number of hydrogen-bond acceptors (Lipinski definition) is 4. The molecule has 6 heteroatoms. The Hall–Kier alpha value is -2.68. The lowest BCUT2D eigenvalue weighted by Gasteiger charge is -2.06. The molecule has 17 heavy (non-hydrogen) atoms. The van der Waals surface area contributed by atoms with Crippen molar-refractivity contribution in [2.45, 2.75) is 6.92 Å². The molecule has 2 rings (SSSR count). The summed E-state index contributed by atoms with van der Waals surface area (Å²) < 4.78 is 1.29. The molecule has 0 atom stereocenters. The summed E-state index contributed by atoms with van der Waals surface area (Å²) in [6.07, 6.45) is 1.32. The lowest BCUT2D eigenvalue weighted by atomic mass is 10.1. The van der Waals surface area contributed by atoms with Crippen LogP contribution in [0.25, 0.3) is 5.69 Å². The Balaban J connectivity index is 2.61. The Morgan fingerprint density at radius 1 is 1.53 bits per heavy atom. The van der Waals surface area contributed by atoms with Crippen LogP contribution in [-0.4, -0.2) is 25.8 Å². The Bertz CT molecular complexity index is 625. The molecule has 0 radical (unpaired) electrons. The van der Waals surface area contributed by atoms with Gasteiger partial charge in [0.1, 0.15) is 12.4 Å². The minimum absolute atomic E-state index is 0.00263. The number of carbonyl (C=O) groups is 1. The molecule has 0 unspecified atom stereocenters. The molecule has 1 heterocycles. The lowest BCUT2D eigenvalue weighted by Crippen LogP contribution is -2.06. The van der Waals surface area contributed by atoms with Gasteiger partial charge >= 0.3 is 5.97 Å². The standard InChI is InChI=1S/C11H8N4O2/c1-7-2-3-8(11(16)17)9(4-7)15-6-13-10(5-12)14-15/h2-4,6H,1H3,(H,16,17). The lowest BCUT2D eigenvalue weighted by molar-refractivity contribution is 0.0696. The number of hydrogen-bond donors (Lipinski definition) is 1. The van der Waals surface area contributed by atoms with Crippen molar-refractivity contribution in [2.75, 3.05) is 0 Å². The van der Waals surface area contributed by atoms with Gasteiger partial charge in [-0.1, -0.05) is 6.07 Å². The van der Waals surface area contributed by atoms with E-state index in [1.165, 1.54) is 17.1 Å². The Kier molecular flexibility index (Phi) is 2.58. The summed E-state index contributed by atoms with van der Waals surface area (Å²) in [5, 5.41) is 21.5. The molecule has 1 N–H and O–H groups in total. The zero-order valence-corrected chi connectivity index (χ0v) is 8.95. The molecule has 0 aliphatic rings. The molecule has 0 saturated carbocycles. The van der Waals surface area contributed by atoms with E-state index in [1.807, 2.05) is 6.92 Å². The molecule has 0 fully saturated rings. The fraction of sp³-hybridized carbons (Fsp3) is 0.0909. The van der Waals surface area contributed by atoms with Gasteiger partial charge in [-0.2, -0.15) is 5.26 Å². The molecule has 0 saturated heterocycles. The number of aromatic nitrogens is 3. The monoisotopic (exact) mass is 228 g/mol. The molecule has 2 aromatic rings. The van der Waals surface area contributed by atoms with Crippen LogP contribution in [0.4, 0.5) is 0 Å². The summed E-state index contributed by atoms with van der Waals surface area (Å²) in [5.41, 5.74) is 1.41. The van der Waals surface area contributed by atoms with Crippen LogP contribution in [0.1, 0.15) is 21.7 Å². The first-order valence-electron chi connectivity index (χ1n) is 4.78. The Morgan fingerprint density at radius 2 is 2.29 bits per heavy atom. The maximum Gasteiger partial charge on any atom is 0.337 e. The highest BCUT2D eigenvalue weighted by molar-refractivity contribution is 5.92. The van der Waals surface area contributed by atoms with Crippen molar-refractivity contribution in [3.8, 4) is 11.8 Å². The van der Waals surface area contributed by atoms with Crippen molar-refractivity contribution in [3.05, 3.63) is 41.5 Å². The minimum Gasteiger partial charge on any atom is -0.478 e. The van der Waals surface area contributed by atoms with E-state index < -0.39 is 5.97 Å². The van der Waals surface area contributed by atoms with Crippen LogP contribution in [0, 0.1) is 18.3 Å². The molecule has 84 valence electrons. The van der Waals surface area contributed by atoms with Crippen LogP contribution in [0.5, 0.6) is 0 Å². The first-order valence-corrected chi connectivity index (χ1v) is 4.78. The topological polar surface area (TPSA) is 91.8 Å². The molecule has 0 aliphatic carbocycles. The number of aryl methyl sites for hydroxylation is 1. The highest BCUT2D eigenvalue weighted by Gasteiger charge is 2.13. The molecule has 1 aromatic carbocycles. The summed E-state index contributed by atoms with van der Waals surface area (Å²) in [6, 6.07) is 6.67. The number of nitriles is 1. The number of rotatable bonds is 2. The molecular weight excluding hydrogens is 220 g/mol. The van der Waals surface area contributed by atoms with Gasteiger partial charge in [0.05, 0.1) is 11.3 Å². The molecule has 1 aromatic heterocycles. The van der Waals surface area contributed by atoms with E-state index in [2.05, 4.69) is 10.1 Å². The smallest absolute Gasteiger partial charge is 0.337 e. The first kappa shape index (κ1) is 10.8. The van der Waals surface area contributed by atoms with Crippen LogP contribution < -0.4 is 0 Å². The third-order valence-electron chi connectivity index (χ3n) is 2.22. The van der Waals surface area contributed by atoms with E-state index in [-0.39, 0.29) is 11.4 Å². The van der Waals surface area contributed by atoms with Gasteiger partial charge in [-0.3, -0.25) is 0 Å². The summed E-state index contributed by atoms with van der Waals surface area (Å²) >= 11 is 0. The van der Waals surface area contributed by atoms with Crippen molar-refractivity contribution in [1.82, 2.24) is 14.8 Å². The van der Waals surface area contributed by atoms with Gasteiger partial charge in [0, 0.05) is 0 Å². The van der Waals surface area contributed by atoms with Gasteiger partial charge in [0.2, 0.25) is 0 Å². The predicted molar refractivity (Wildman–Crippen MR) is 57.8 cm³/mol. The van der Waals surface area contributed by atoms with E-state index in [1.54, 1.807) is 18.2 Å². The Morgan fingerprint density at radius 3 is 2.88 bits per heavy atom. The van der Waals surface area contributed by atoms with Gasteiger partial charge < -0.3 is 5.11 Å². The quantitative estimate of drug-likeness (QED) is 0.832. The van der Waals surface area contributed by atoms with Gasteiger partial charge in [-0.15, -0.1) is 5.10 Å². The van der Waals surface area contributed by atoms with Crippen LogP contribution in [0.3, 0.4) is 0 Å². The average molecular weight is 228 g/mol.